The Morgan fingerprint density at radius 3 is 2.77 bits per heavy atom. The topological polar surface area (TPSA) is 66.8 Å². The van der Waals surface area contributed by atoms with Crippen LogP contribution in [0.1, 0.15) is 12.8 Å². The molecule has 5 nitrogen and oxygen atoms in total. The molecule has 0 radical (unpaired) electrons. The largest absolute Gasteiger partial charge is 0.479 e. The third kappa shape index (κ3) is 1.65. The van der Waals surface area contributed by atoms with Crippen LogP contribution in [-0.4, -0.2) is 48.2 Å². The van der Waals surface area contributed by atoms with Gasteiger partial charge in [-0.05, 0) is 12.8 Å². The van der Waals surface area contributed by atoms with Gasteiger partial charge in [0.25, 0.3) is 0 Å². The molecule has 0 aromatic carbocycles. The van der Waals surface area contributed by atoms with Gasteiger partial charge in [-0.3, -0.25) is 4.79 Å². The second-order valence-corrected chi connectivity index (χ2v) is 3.21. The third-order valence-corrected chi connectivity index (χ3v) is 2.45. The van der Waals surface area contributed by atoms with Crippen LogP contribution in [0.5, 0.6) is 0 Å². The third-order valence-electron chi connectivity index (χ3n) is 2.45. The van der Waals surface area contributed by atoms with Crippen molar-refractivity contribution in [2.45, 2.75) is 18.4 Å². The maximum Gasteiger partial charge on any atom is 0.332 e. The van der Waals surface area contributed by atoms with Crippen molar-refractivity contribution in [3.05, 3.63) is 0 Å². The normalized spacial score (nSPS) is 28.1. The fourth-order valence-corrected chi connectivity index (χ4v) is 1.48. The molecular weight excluding hydrogens is 174 g/mol. The van der Waals surface area contributed by atoms with Gasteiger partial charge in [0, 0.05) is 13.7 Å². The minimum atomic E-state index is -1.15. The molecule has 1 amide bonds. The van der Waals surface area contributed by atoms with Gasteiger partial charge in [0.2, 0.25) is 6.41 Å². The summed E-state index contributed by atoms with van der Waals surface area (Å²) < 4.78 is 5.09. The van der Waals surface area contributed by atoms with Crippen LogP contribution in [0.25, 0.3) is 0 Å². The number of hydrogen-bond acceptors (Lipinski definition) is 3. The molecule has 1 unspecified atom stereocenters. The summed E-state index contributed by atoms with van der Waals surface area (Å²) >= 11 is 0. The minimum Gasteiger partial charge on any atom is -0.479 e. The summed E-state index contributed by atoms with van der Waals surface area (Å²) in [6, 6.07) is 0. The zero-order valence-electron chi connectivity index (χ0n) is 7.52. The predicted molar refractivity (Wildman–Crippen MR) is 44.2 cm³/mol. The van der Waals surface area contributed by atoms with Crippen molar-refractivity contribution in [1.82, 2.24) is 4.90 Å². The highest BCUT2D eigenvalue weighted by molar-refractivity contribution is 5.81. The summed E-state index contributed by atoms with van der Waals surface area (Å²) in [5.41, 5.74) is -1.15. The highest BCUT2D eigenvalue weighted by Gasteiger charge is 2.44. The van der Waals surface area contributed by atoms with Crippen LogP contribution in [0.2, 0.25) is 0 Å². The Kier molecular flexibility index (Phi) is 2.87. The lowest BCUT2D eigenvalue weighted by atomic mass is 9.91. The molecule has 0 aromatic heterocycles. The minimum absolute atomic E-state index is 0.0809. The molecule has 1 rings (SSSR count). The molecule has 0 aromatic rings. The number of ether oxygens (including phenoxy) is 1. The Bertz CT molecular complexity index is 210. The first-order valence-corrected chi connectivity index (χ1v) is 4.13. The van der Waals surface area contributed by atoms with Gasteiger partial charge in [-0.2, -0.15) is 0 Å². The standard InChI is InChI=1S/C8H13NO4/c1-9(6-10)8(7(11)12)3-2-4-13-5-8/h6H,2-5H2,1H3,(H,11,12). The van der Waals surface area contributed by atoms with Gasteiger partial charge in [-0.1, -0.05) is 0 Å². The smallest absolute Gasteiger partial charge is 0.332 e. The Balaban J connectivity index is 2.84. The van der Waals surface area contributed by atoms with Gasteiger partial charge < -0.3 is 14.7 Å². The summed E-state index contributed by atoms with van der Waals surface area (Å²) in [4.78, 5) is 22.7. The van der Waals surface area contributed by atoms with E-state index in [0.29, 0.717) is 25.9 Å². The second-order valence-electron chi connectivity index (χ2n) is 3.21. The van der Waals surface area contributed by atoms with Crippen molar-refractivity contribution in [3.63, 3.8) is 0 Å². The van der Waals surface area contributed by atoms with Crippen LogP contribution in [0, 0.1) is 0 Å². The number of carbonyl (C=O) groups is 2. The number of hydrogen-bond donors (Lipinski definition) is 1. The van der Waals surface area contributed by atoms with E-state index in [9.17, 15) is 9.59 Å². The number of carboxylic acid groups (broad SMARTS) is 1. The molecule has 13 heavy (non-hydrogen) atoms. The molecule has 1 aliphatic rings. The lowest BCUT2D eigenvalue weighted by molar-refractivity contribution is -0.163. The molecule has 1 atom stereocenters. The van der Waals surface area contributed by atoms with Crippen LogP contribution in [0.4, 0.5) is 0 Å². The molecule has 1 N–H and O–H groups in total. The van der Waals surface area contributed by atoms with Gasteiger partial charge in [0.05, 0.1) is 6.61 Å². The summed E-state index contributed by atoms with van der Waals surface area (Å²) in [7, 11) is 1.47. The van der Waals surface area contributed by atoms with Gasteiger partial charge in [-0.25, -0.2) is 4.79 Å². The molecule has 74 valence electrons. The summed E-state index contributed by atoms with van der Waals surface area (Å²) in [5, 5.41) is 9.01. The summed E-state index contributed by atoms with van der Waals surface area (Å²) in [6.45, 7) is 0.652. The van der Waals surface area contributed by atoms with Crippen molar-refractivity contribution in [3.8, 4) is 0 Å². The van der Waals surface area contributed by atoms with Gasteiger partial charge >= 0.3 is 5.97 Å². The Morgan fingerprint density at radius 1 is 1.69 bits per heavy atom. The molecule has 0 saturated carbocycles. The molecular formula is C8H13NO4. The monoisotopic (exact) mass is 187 g/mol. The SMILES string of the molecule is CN(C=O)C1(C(=O)O)CCCOC1. The summed E-state index contributed by atoms with van der Waals surface area (Å²) in [5.74, 6) is -0.998. The lowest BCUT2D eigenvalue weighted by Gasteiger charge is -2.38. The molecule has 1 fully saturated rings. The van der Waals surface area contributed by atoms with Crippen LogP contribution >= 0.6 is 0 Å². The van der Waals surface area contributed by atoms with Crippen molar-refractivity contribution in [1.29, 1.82) is 0 Å². The number of aliphatic carboxylic acids is 1. The molecule has 0 bridgehead atoms. The second kappa shape index (κ2) is 3.74. The first kappa shape index (κ1) is 9.98. The maximum atomic E-state index is 11.0. The fourth-order valence-electron chi connectivity index (χ4n) is 1.48. The lowest BCUT2D eigenvalue weighted by Crippen LogP contribution is -2.57. The molecule has 0 spiro atoms. The molecule has 1 aliphatic heterocycles. The van der Waals surface area contributed by atoms with E-state index in [0.717, 1.165) is 0 Å². The van der Waals surface area contributed by atoms with Gasteiger partial charge in [0.15, 0.2) is 5.54 Å². The van der Waals surface area contributed by atoms with E-state index in [-0.39, 0.29) is 6.61 Å². The van der Waals surface area contributed by atoms with Crippen LogP contribution < -0.4 is 0 Å². The fraction of sp³-hybridized carbons (Fsp3) is 0.750. The van der Waals surface area contributed by atoms with E-state index < -0.39 is 11.5 Å². The maximum absolute atomic E-state index is 11.0. The first-order valence-electron chi connectivity index (χ1n) is 4.13. The average molecular weight is 187 g/mol. The van der Waals surface area contributed by atoms with Crippen LogP contribution in [-0.2, 0) is 14.3 Å². The van der Waals surface area contributed by atoms with E-state index in [2.05, 4.69) is 0 Å². The molecule has 1 heterocycles. The van der Waals surface area contributed by atoms with Crippen molar-refractivity contribution < 1.29 is 19.4 Å². The Labute approximate surface area is 76.3 Å². The molecule has 0 aliphatic carbocycles. The van der Waals surface area contributed by atoms with E-state index in [1.165, 1.54) is 11.9 Å². The van der Waals surface area contributed by atoms with Crippen molar-refractivity contribution >= 4 is 12.4 Å². The zero-order chi connectivity index (χ0) is 9.90. The summed E-state index contributed by atoms with van der Waals surface area (Å²) in [6.07, 6.45) is 1.66. The number of amides is 1. The van der Waals surface area contributed by atoms with Gasteiger partial charge in [0.1, 0.15) is 0 Å². The average Bonchev–Trinajstić information content (AvgIpc) is 2.17. The van der Waals surface area contributed by atoms with E-state index in [1.54, 1.807) is 0 Å². The molecule has 1 saturated heterocycles. The van der Waals surface area contributed by atoms with E-state index in [4.69, 9.17) is 9.84 Å². The highest BCUT2D eigenvalue weighted by atomic mass is 16.5. The van der Waals surface area contributed by atoms with E-state index >= 15 is 0 Å². The van der Waals surface area contributed by atoms with Crippen LogP contribution in [0.3, 0.4) is 0 Å². The number of rotatable bonds is 3. The van der Waals surface area contributed by atoms with Gasteiger partial charge in [-0.15, -0.1) is 0 Å². The van der Waals surface area contributed by atoms with Crippen molar-refractivity contribution in [2.24, 2.45) is 0 Å². The molecule has 5 heteroatoms. The van der Waals surface area contributed by atoms with E-state index in [1.807, 2.05) is 0 Å². The van der Waals surface area contributed by atoms with Crippen molar-refractivity contribution in [2.75, 3.05) is 20.3 Å². The Hall–Kier alpha value is -1.10. The quantitative estimate of drug-likeness (QED) is 0.616. The first-order chi connectivity index (χ1) is 6.13. The number of carboxylic acids is 1. The van der Waals surface area contributed by atoms with Crippen LogP contribution in [0.15, 0.2) is 0 Å². The number of likely N-dealkylation sites (N-methyl/N-ethyl adjacent to an activating group) is 1. The number of nitrogens with zero attached hydrogens (tertiary/aromatic N) is 1. The Morgan fingerprint density at radius 2 is 2.38 bits per heavy atom. The predicted octanol–water partition coefficient (Wildman–Crippen LogP) is -0.292. The zero-order valence-corrected chi connectivity index (χ0v) is 7.52. The highest BCUT2D eigenvalue weighted by Crippen LogP contribution is 2.24. The number of carbonyl (C=O) groups excluding carboxylic acids is 1.